The molecule has 0 spiro atoms. The molecular weight excluding hydrogens is 284 g/mol. The minimum absolute atomic E-state index is 1.16. The number of halogens is 1. The van der Waals surface area contributed by atoms with Crippen molar-refractivity contribution in [1.82, 2.24) is 0 Å². The number of hydrogen-bond donors (Lipinski definition) is 0. The van der Waals surface area contributed by atoms with Crippen LogP contribution in [0, 0.1) is 6.92 Å². The summed E-state index contributed by atoms with van der Waals surface area (Å²) in [6, 6.07) is 21.5. The average Bonchev–Trinajstić information content (AvgIpc) is 2.41. The predicted octanol–water partition coefficient (Wildman–Crippen LogP) is 5.58. The molecule has 0 radical (unpaired) electrons. The molecule has 0 aliphatic heterocycles. The molecule has 0 aliphatic carbocycles. The van der Waals surface area contributed by atoms with E-state index < -0.39 is 0 Å². The molecule has 0 heterocycles. The number of hydrogen-bond acceptors (Lipinski definition) is 0. The van der Waals surface area contributed by atoms with Crippen LogP contribution in [-0.2, 0) is 0 Å². The summed E-state index contributed by atoms with van der Waals surface area (Å²) in [5.41, 5.74) is 3.83. The van der Waals surface area contributed by atoms with Crippen LogP contribution in [0.4, 0.5) is 0 Å². The molecule has 0 saturated heterocycles. The molecule has 0 unspecified atom stereocenters. The Hall–Kier alpha value is -1.60. The van der Waals surface area contributed by atoms with Gasteiger partial charge < -0.3 is 0 Å². The van der Waals surface area contributed by atoms with E-state index in [9.17, 15) is 0 Å². The van der Waals surface area contributed by atoms with E-state index in [1.165, 1.54) is 27.5 Å². The third-order valence-corrected chi connectivity index (χ3v) is 4.15. The normalized spacial score (nSPS) is 10.8. The van der Waals surface area contributed by atoms with Crippen molar-refractivity contribution in [2.45, 2.75) is 6.92 Å². The van der Waals surface area contributed by atoms with Gasteiger partial charge in [0, 0.05) is 4.47 Å². The van der Waals surface area contributed by atoms with E-state index in [2.05, 4.69) is 83.5 Å². The van der Waals surface area contributed by atoms with E-state index in [1.807, 2.05) is 0 Å². The van der Waals surface area contributed by atoms with Gasteiger partial charge in [-0.2, -0.15) is 0 Å². The van der Waals surface area contributed by atoms with Gasteiger partial charge in [-0.1, -0.05) is 70.5 Å². The molecule has 0 N–H and O–H groups in total. The van der Waals surface area contributed by atoms with Gasteiger partial charge in [0.05, 0.1) is 0 Å². The molecule has 3 aromatic rings. The van der Waals surface area contributed by atoms with Crippen molar-refractivity contribution < 1.29 is 0 Å². The van der Waals surface area contributed by atoms with Crippen molar-refractivity contribution in [2.24, 2.45) is 0 Å². The zero-order valence-electron chi connectivity index (χ0n) is 10.2. The Kier molecular flexibility index (Phi) is 2.92. The second-order valence-corrected chi connectivity index (χ2v) is 5.35. The smallest absolute Gasteiger partial charge is 0.0204 e. The van der Waals surface area contributed by atoms with Crippen LogP contribution >= 0.6 is 15.9 Å². The average molecular weight is 297 g/mol. The lowest BCUT2D eigenvalue weighted by Gasteiger charge is -2.08. The number of fused-ring (bicyclic) bond motifs is 1. The lowest BCUT2D eigenvalue weighted by Crippen LogP contribution is -1.83. The Balaban J connectivity index is 2.28. The monoisotopic (exact) mass is 296 g/mol. The van der Waals surface area contributed by atoms with E-state index in [0.29, 0.717) is 0 Å². The minimum Gasteiger partial charge on any atom is -0.0616 e. The van der Waals surface area contributed by atoms with Crippen LogP contribution in [-0.4, -0.2) is 0 Å². The highest BCUT2D eigenvalue weighted by Crippen LogP contribution is 2.30. The van der Waals surface area contributed by atoms with Crippen molar-refractivity contribution in [3.05, 3.63) is 70.7 Å². The van der Waals surface area contributed by atoms with Gasteiger partial charge in [-0.15, -0.1) is 0 Å². The molecule has 0 aromatic heterocycles. The first kappa shape index (κ1) is 11.5. The van der Waals surface area contributed by atoms with Crippen molar-refractivity contribution in [2.75, 3.05) is 0 Å². The van der Waals surface area contributed by atoms with Gasteiger partial charge in [0.1, 0.15) is 0 Å². The van der Waals surface area contributed by atoms with E-state index in [1.54, 1.807) is 0 Å². The van der Waals surface area contributed by atoms with Crippen LogP contribution in [0.2, 0.25) is 0 Å². The van der Waals surface area contributed by atoms with Gasteiger partial charge in [0.2, 0.25) is 0 Å². The number of rotatable bonds is 1. The highest BCUT2D eigenvalue weighted by atomic mass is 79.9. The summed E-state index contributed by atoms with van der Waals surface area (Å²) in [6.07, 6.45) is 0. The van der Waals surface area contributed by atoms with Crippen LogP contribution in [0.5, 0.6) is 0 Å². The first-order chi connectivity index (χ1) is 8.75. The van der Waals surface area contributed by atoms with Crippen LogP contribution in [0.15, 0.2) is 65.1 Å². The van der Waals surface area contributed by atoms with Gasteiger partial charge in [0.25, 0.3) is 0 Å². The van der Waals surface area contributed by atoms with Crippen LogP contribution in [0.1, 0.15) is 5.56 Å². The molecule has 0 bridgehead atoms. The maximum atomic E-state index is 3.55. The molecule has 3 rings (SSSR count). The lowest BCUT2D eigenvalue weighted by atomic mass is 9.97. The maximum Gasteiger partial charge on any atom is 0.0204 e. The number of aryl methyl sites for hydroxylation is 1. The van der Waals surface area contributed by atoms with Crippen molar-refractivity contribution in [3.63, 3.8) is 0 Å². The third kappa shape index (κ3) is 1.95. The fourth-order valence-corrected chi connectivity index (χ4v) is 2.54. The van der Waals surface area contributed by atoms with E-state index in [4.69, 9.17) is 0 Å². The van der Waals surface area contributed by atoms with Gasteiger partial charge in [-0.05, 0) is 40.5 Å². The van der Waals surface area contributed by atoms with Gasteiger partial charge in [-0.3, -0.25) is 0 Å². The Morgan fingerprint density at radius 3 is 2.44 bits per heavy atom. The zero-order chi connectivity index (χ0) is 12.5. The Labute approximate surface area is 115 Å². The molecule has 0 fully saturated rings. The second-order valence-electron chi connectivity index (χ2n) is 4.49. The van der Waals surface area contributed by atoms with Crippen LogP contribution in [0.25, 0.3) is 21.9 Å². The molecular formula is C17H13Br. The van der Waals surface area contributed by atoms with E-state index in [0.717, 1.165) is 4.47 Å². The summed E-state index contributed by atoms with van der Waals surface area (Å²) in [5.74, 6) is 0. The second kappa shape index (κ2) is 4.58. The van der Waals surface area contributed by atoms with E-state index in [-0.39, 0.29) is 0 Å². The molecule has 0 amide bonds. The Morgan fingerprint density at radius 2 is 1.61 bits per heavy atom. The first-order valence-corrected chi connectivity index (χ1v) is 6.79. The highest BCUT2D eigenvalue weighted by molar-refractivity contribution is 9.10. The predicted molar refractivity (Wildman–Crippen MR) is 81.8 cm³/mol. The molecule has 0 nitrogen and oxygen atoms in total. The molecule has 3 aromatic carbocycles. The number of benzene rings is 3. The van der Waals surface area contributed by atoms with Gasteiger partial charge in [0.15, 0.2) is 0 Å². The molecule has 88 valence electrons. The minimum atomic E-state index is 1.16. The topological polar surface area (TPSA) is 0 Å². The molecule has 1 heteroatoms. The Morgan fingerprint density at radius 1 is 0.833 bits per heavy atom. The van der Waals surface area contributed by atoms with Crippen molar-refractivity contribution in [3.8, 4) is 11.1 Å². The summed E-state index contributed by atoms with van der Waals surface area (Å²) in [5, 5.41) is 2.59. The third-order valence-electron chi connectivity index (χ3n) is 3.26. The maximum absolute atomic E-state index is 3.55. The van der Waals surface area contributed by atoms with Crippen LogP contribution in [0.3, 0.4) is 0 Å². The molecule has 0 saturated carbocycles. The standard InChI is InChI=1S/C17H13Br/c1-12-11-14(9-10-17(12)18)16-8-4-6-13-5-2-3-7-15(13)16/h2-11H,1H3. The molecule has 18 heavy (non-hydrogen) atoms. The summed E-state index contributed by atoms with van der Waals surface area (Å²) >= 11 is 3.55. The molecule has 0 atom stereocenters. The highest BCUT2D eigenvalue weighted by Gasteiger charge is 2.04. The van der Waals surface area contributed by atoms with E-state index >= 15 is 0 Å². The quantitative estimate of drug-likeness (QED) is 0.550. The van der Waals surface area contributed by atoms with Crippen LogP contribution < -0.4 is 0 Å². The fraction of sp³-hybridized carbons (Fsp3) is 0.0588. The summed E-state index contributed by atoms with van der Waals surface area (Å²) in [7, 11) is 0. The Bertz CT molecular complexity index is 708. The molecule has 0 aliphatic rings. The van der Waals surface area contributed by atoms with Crippen molar-refractivity contribution >= 4 is 26.7 Å². The lowest BCUT2D eigenvalue weighted by molar-refractivity contribution is 1.43. The summed E-state index contributed by atoms with van der Waals surface area (Å²) in [4.78, 5) is 0. The summed E-state index contributed by atoms with van der Waals surface area (Å²) in [6.45, 7) is 2.12. The summed E-state index contributed by atoms with van der Waals surface area (Å²) < 4.78 is 1.16. The SMILES string of the molecule is Cc1cc(-c2cccc3ccccc23)ccc1Br. The van der Waals surface area contributed by atoms with Crippen molar-refractivity contribution in [1.29, 1.82) is 0 Å². The fourth-order valence-electron chi connectivity index (χ4n) is 2.29. The first-order valence-electron chi connectivity index (χ1n) is 6.00. The largest absolute Gasteiger partial charge is 0.0616 e. The van der Waals surface area contributed by atoms with Gasteiger partial charge >= 0.3 is 0 Å². The van der Waals surface area contributed by atoms with Gasteiger partial charge in [-0.25, -0.2) is 0 Å². The zero-order valence-corrected chi connectivity index (χ0v) is 11.7.